The van der Waals surface area contributed by atoms with Crippen LogP contribution < -0.4 is 5.32 Å². The first-order valence-electron chi connectivity index (χ1n) is 7.00. The molecule has 0 aliphatic heterocycles. The molecule has 20 heavy (non-hydrogen) atoms. The number of amides is 1. The van der Waals surface area contributed by atoms with Crippen molar-refractivity contribution in [2.45, 2.75) is 39.7 Å². The van der Waals surface area contributed by atoms with E-state index in [4.69, 9.17) is 0 Å². The minimum atomic E-state index is -1.02. The summed E-state index contributed by atoms with van der Waals surface area (Å²) in [6.07, 6.45) is 2.13. The second kappa shape index (κ2) is 5.65. The fourth-order valence-electron chi connectivity index (χ4n) is 2.55. The molecule has 1 amide bonds. The zero-order valence-corrected chi connectivity index (χ0v) is 12.1. The molecule has 1 aliphatic rings. The van der Waals surface area contributed by atoms with Crippen LogP contribution in [0, 0.1) is 25.7 Å². The summed E-state index contributed by atoms with van der Waals surface area (Å²) < 4.78 is 0. The number of carbonyl (C=O) groups is 2. The van der Waals surface area contributed by atoms with E-state index in [1.165, 1.54) is 0 Å². The molecule has 2 rings (SSSR count). The summed E-state index contributed by atoms with van der Waals surface area (Å²) in [6, 6.07) is 4.64. The Morgan fingerprint density at radius 2 is 1.75 bits per heavy atom. The molecule has 1 aromatic rings. The fraction of sp³-hybridized carbons (Fsp3) is 0.500. The van der Waals surface area contributed by atoms with Crippen LogP contribution in [0.25, 0.3) is 0 Å². The highest BCUT2D eigenvalue weighted by Crippen LogP contribution is 2.36. The Bertz CT molecular complexity index is 514. The molecule has 0 bridgehead atoms. The summed E-state index contributed by atoms with van der Waals surface area (Å²) in [4.78, 5) is 23.6. The first-order chi connectivity index (χ1) is 9.38. The maximum atomic E-state index is 12.1. The van der Waals surface area contributed by atoms with Crippen molar-refractivity contribution in [1.82, 2.24) is 5.32 Å². The highest BCUT2D eigenvalue weighted by molar-refractivity contribution is 5.86. The van der Waals surface area contributed by atoms with Crippen LogP contribution in [0.2, 0.25) is 0 Å². The predicted molar refractivity (Wildman–Crippen MR) is 76.3 cm³/mol. The molecule has 2 unspecified atom stereocenters. The number of carboxylic acid groups (broad SMARTS) is 1. The molecule has 2 N–H and O–H groups in total. The Kier molecular flexibility index (Phi) is 4.12. The fourth-order valence-corrected chi connectivity index (χ4v) is 2.55. The van der Waals surface area contributed by atoms with Gasteiger partial charge in [-0.3, -0.25) is 4.79 Å². The molecule has 1 aliphatic carbocycles. The third-order valence-corrected chi connectivity index (χ3v) is 3.85. The first-order valence-corrected chi connectivity index (χ1v) is 7.00. The number of carbonyl (C=O) groups excluding carboxylic acids is 1. The molecule has 1 saturated carbocycles. The van der Waals surface area contributed by atoms with Crippen LogP contribution in [0.4, 0.5) is 0 Å². The minimum absolute atomic E-state index is 0.109. The molecule has 0 radical (unpaired) electrons. The van der Waals surface area contributed by atoms with Gasteiger partial charge in [-0.15, -0.1) is 0 Å². The Morgan fingerprint density at radius 1 is 1.20 bits per heavy atom. The summed E-state index contributed by atoms with van der Waals surface area (Å²) in [7, 11) is 0. The number of hydrogen-bond donors (Lipinski definition) is 2. The number of nitrogens with one attached hydrogen (secondary N) is 1. The molecule has 0 aromatic heterocycles. The summed E-state index contributed by atoms with van der Waals surface area (Å²) in [5.41, 5.74) is 2.62. The van der Waals surface area contributed by atoms with E-state index in [1.807, 2.05) is 39.0 Å². The van der Waals surface area contributed by atoms with Crippen molar-refractivity contribution < 1.29 is 14.7 Å². The molecule has 1 aromatic carbocycles. The lowest BCUT2D eigenvalue weighted by atomic mass is 9.99. The van der Waals surface area contributed by atoms with Gasteiger partial charge >= 0.3 is 5.97 Å². The van der Waals surface area contributed by atoms with Crippen molar-refractivity contribution in [2.75, 3.05) is 0 Å². The van der Waals surface area contributed by atoms with Gasteiger partial charge in [0.2, 0.25) is 5.91 Å². The topological polar surface area (TPSA) is 66.4 Å². The molecule has 2 atom stereocenters. The molecule has 4 heteroatoms. The number of hydrogen-bond acceptors (Lipinski definition) is 2. The van der Waals surface area contributed by atoms with Crippen molar-refractivity contribution in [2.24, 2.45) is 11.8 Å². The standard InChI is InChI=1S/C16H21NO3/c1-9-6-10(2)8-13(7-9)14(16(19)20)17-15(18)11(3)12-4-5-12/h6-8,11-12,14H,4-5H2,1-3H3,(H,17,18)(H,19,20). The van der Waals surface area contributed by atoms with Crippen LogP contribution in [0.5, 0.6) is 0 Å². The van der Waals surface area contributed by atoms with E-state index in [-0.39, 0.29) is 11.8 Å². The lowest BCUT2D eigenvalue weighted by Crippen LogP contribution is -2.37. The van der Waals surface area contributed by atoms with Crippen molar-refractivity contribution in [3.63, 3.8) is 0 Å². The molecule has 108 valence electrons. The van der Waals surface area contributed by atoms with Crippen LogP contribution >= 0.6 is 0 Å². The van der Waals surface area contributed by atoms with E-state index >= 15 is 0 Å². The quantitative estimate of drug-likeness (QED) is 0.868. The molecular weight excluding hydrogens is 254 g/mol. The smallest absolute Gasteiger partial charge is 0.330 e. The van der Waals surface area contributed by atoms with Gasteiger partial charge < -0.3 is 10.4 Å². The van der Waals surface area contributed by atoms with Crippen LogP contribution in [0.3, 0.4) is 0 Å². The Hall–Kier alpha value is -1.84. The van der Waals surface area contributed by atoms with Crippen molar-refractivity contribution in [3.8, 4) is 0 Å². The van der Waals surface area contributed by atoms with E-state index < -0.39 is 12.0 Å². The van der Waals surface area contributed by atoms with Crippen LogP contribution in [-0.4, -0.2) is 17.0 Å². The van der Waals surface area contributed by atoms with Gasteiger partial charge in [0.15, 0.2) is 6.04 Å². The van der Waals surface area contributed by atoms with Gasteiger partial charge in [0.25, 0.3) is 0 Å². The molecule has 1 fully saturated rings. The van der Waals surface area contributed by atoms with Gasteiger partial charge in [-0.25, -0.2) is 4.79 Å². The predicted octanol–water partition coefficient (Wildman–Crippen LogP) is 2.59. The van der Waals surface area contributed by atoms with Gasteiger partial charge in [-0.2, -0.15) is 0 Å². The Balaban J connectivity index is 2.18. The number of carboxylic acids is 1. The summed E-state index contributed by atoms with van der Waals surface area (Å²) in [5.74, 6) is -0.878. The lowest BCUT2D eigenvalue weighted by molar-refractivity contribution is -0.142. The zero-order valence-electron chi connectivity index (χ0n) is 12.1. The maximum absolute atomic E-state index is 12.1. The van der Waals surface area contributed by atoms with E-state index in [2.05, 4.69) is 5.32 Å². The van der Waals surface area contributed by atoms with Gasteiger partial charge in [-0.05, 0) is 38.2 Å². The highest BCUT2D eigenvalue weighted by Gasteiger charge is 2.34. The number of benzene rings is 1. The molecule has 0 heterocycles. The SMILES string of the molecule is Cc1cc(C)cc(C(NC(=O)C(C)C2CC2)C(=O)O)c1. The van der Waals surface area contributed by atoms with Crippen molar-refractivity contribution in [3.05, 3.63) is 34.9 Å². The third-order valence-electron chi connectivity index (χ3n) is 3.85. The first kappa shape index (κ1) is 14.6. The summed E-state index contributed by atoms with van der Waals surface area (Å²) in [6.45, 7) is 5.71. The summed E-state index contributed by atoms with van der Waals surface area (Å²) in [5, 5.41) is 12.0. The van der Waals surface area contributed by atoms with Gasteiger partial charge in [0.1, 0.15) is 0 Å². The molecule has 0 saturated heterocycles. The van der Waals surface area contributed by atoms with Gasteiger partial charge in [-0.1, -0.05) is 36.2 Å². The minimum Gasteiger partial charge on any atom is -0.479 e. The normalized spacial score (nSPS) is 17.4. The molecular formula is C16H21NO3. The van der Waals surface area contributed by atoms with Crippen molar-refractivity contribution >= 4 is 11.9 Å². The Morgan fingerprint density at radius 3 is 2.20 bits per heavy atom. The Labute approximate surface area is 119 Å². The molecule has 0 spiro atoms. The maximum Gasteiger partial charge on any atom is 0.330 e. The highest BCUT2D eigenvalue weighted by atomic mass is 16.4. The second-order valence-electron chi connectivity index (χ2n) is 5.83. The second-order valence-corrected chi connectivity index (χ2v) is 5.83. The van der Waals surface area contributed by atoms with E-state index in [0.717, 1.165) is 24.0 Å². The number of aryl methyl sites for hydroxylation is 2. The largest absolute Gasteiger partial charge is 0.479 e. The van der Waals surface area contributed by atoms with E-state index in [9.17, 15) is 14.7 Å². The van der Waals surface area contributed by atoms with Gasteiger partial charge in [0.05, 0.1) is 0 Å². The monoisotopic (exact) mass is 275 g/mol. The third kappa shape index (κ3) is 3.38. The van der Waals surface area contributed by atoms with Gasteiger partial charge in [0, 0.05) is 5.92 Å². The number of aliphatic carboxylic acids is 1. The number of rotatable bonds is 5. The van der Waals surface area contributed by atoms with Crippen LogP contribution in [0.15, 0.2) is 18.2 Å². The van der Waals surface area contributed by atoms with Crippen molar-refractivity contribution in [1.29, 1.82) is 0 Å². The van der Waals surface area contributed by atoms with E-state index in [0.29, 0.717) is 11.5 Å². The van der Waals surface area contributed by atoms with Crippen LogP contribution in [-0.2, 0) is 9.59 Å². The average Bonchev–Trinajstić information content (AvgIpc) is 3.17. The van der Waals surface area contributed by atoms with Crippen LogP contribution in [0.1, 0.15) is 42.5 Å². The zero-order chi connectivity index (χ0) is 14.9. The molecule has 4 nitrogen and oxygen atoms in total. The lowest BCUT2D eigenvalue weighted by Gasteiger charge is -2.19. The van der Waals surface area contributed by atoms with E-state index in [1.54, 1.807) is 0 Å². The summed E-state index contributed by atoms with van der Waals surface area (Å²) >= 11 is 0. The average molecular weight is 275 g/mol.